The first-order valence-corrected chi connectivity index (χ1v) is 7.06. The molecule has 4 nitrogen and oxygen atoms in total. The zero-order chi connectivity index (χ0) is 12.7. The van der Waals surface area contributed by atoms with E-state index in [-0.39, 0.29) is 6.61 Å². The molecule has 0 radical (unpaired) electrons. The number of aromatic nitrogens is 2. The third kappa shape index (κ3) is 4.16. The predicted octanol–water partition coefficient (Wildman–Crippen LogP) is 2.25. The summed E-state index contributed by atoms with van der Waals surface area (Å²) in [5, 5.41) is 13.2. The first-order valence-electron chi connectivity index (χ1n) is 6.07. The van der Waals surface area contributed by atoms with Gasteiger partial charge in [-0.2, -0.15) is 0 Å². The summed E-state index contributed by atoms with van der Waals surface area (Å²) in [6.07, 6.45) is 1.90. The van der Waals surface area contributed by atoms with Gasteiger partial charge in [0, 0.05) is 24.3 Å². The first kappa shape index (κ1) is 14.3. The molecule has 1 heterocycles. The summed E-state index contributed by atoms with van der Waals surface area (Å²) >= 11 is 1.58. The Bertz CT molecular complexity index is 329. The Morgan fingerprint density at radius 1 is 1.29 bits per heavy atom. The van der Waals surface area contributed by atoms with Crippen molar-refractivity contribution >= 4 is 17.6 Å². The van der Waals surface area contributed by atoms with Crippen LogP contribution in [-0.4, -0.2) is 34.0 Å². The maximum Gasteiger partial charge on any atom is 0.133 e. The van der Waals surface area contributed by atoms with Crippen molar-refractivity contribution < 1.29 is 5.11 Å². The number of aliphatic hydroxyl groups excluding tert-OH is 1. The van der Waals surface area contributed by atoms with Crippen molar-refractivity contribution in [3.63, 3.8) is 0 Å². The number of rotatable bonds is 7. The third-order valence-corrected chi connectivity index (χ3v) is 3.39. The molecule has 0 unspecified atom stereocenters. The lowest BCUT2D eigenvalue weighted by molar-refractivity contribution is 0.322. The van der Waals surface area contributed by atoms with Crippen LogP contribution in [-0.2, 0) is 6.42 Å². The summed E-state index contributed by atoms with van der Waals surface area (Å²) in [7, 11) is 0. The highest BCUT2D eigenvalue weighted by Crippen LogP contribution is 2.24. The van der Waals surface area contributed by atoms with E-state index in [1.165, 1.54) is 0 Å². The number of hydrogen-bond donors (Lipinski definition) is 2. The molecule has 0 aliphatic heterocycles. The maximum atomic E-state index is 8.88. The fourth-order valence-corrected chi connectivity index (χ4v) is 2.16. The molecule has 5 heteroatoms. The molecule has 0 bridgehead atoms. The second-order valence-electron chi connectivity index (χ2n) is 3.77. The zero-order valence-corrected chi connectivity index (χ0v) is 11.6. The van der Waals surface area contributed by atoms with Crippen LogP contribution in [0.15, 0.2) is 5.03 Å². The van der Waals surface area contributed by atoms with Gasteiger partial charge in [0.25, 0.3) is 0 Å². The van der Waals surface area contributed by atoms with E-state index in [0.29, 0.717) is 5.75 Å². The van der Waals surface area contributed by atoms with E-state index in [9.17, 15) is 0 Å². The predicted molar refractivity (Wildman–Crippen MR) is 72.7 cm³/mol. The summed E-state index contributed by atoms with van der Waals surface area (Å²) in [5.74, 6) is 2.46. The van der Waals surface area contributed by atoms with Crippen molar-refractivity contribution in [2.45, 2.75) is 38.6 Å². The summed E-state index contributed by atoms with van der Waals surface area (Å²) in [4.78, 5) is 9.00. The average Bonchev–Trinajstić information content (AvgIpc) is 2.36. The quantitative estimate of drug-likeness (QED) is 0.578. The normalized spacial score (nSPS) is 10.6. The second-order valence-corrected chi connectivity index (χ2v) is 4.85. The maximum absolute atomic E-state index is 8.88. The summed E-state index contributed by atoms with van der Waals surface area (Å²) in [6.45, 7) is 7.30. The van der Waals surface area contributed by atoms with Crippen LogP contribution in [0.5, 0.6) is 0 Å². The highest BCUT2D eigenvalue weighted by molar-refractivity contribution is 7.99. The fraction of sp³-hybridized carbons (Fsp3) is 0.667. The van der Waals surface area contributed by atoms with Crippen molar-refractivity contribution in [2.75, 3.05) is 24.2 Å². The number of aryl methyl sites for hydroxylation is 1. The van der Waals surface area contributed by atoms with E-state index >= 15 is 0 Å². The van der Waals surface area contributed by atoms with E-state index in [0.717, 1.165) is 41.6 Å². The van der Waals surface area contributed by atoms with Crippen molar-refractivity contribution in [1.82, 2.24) is 9.97 Å². The van der Waals surface area contributed by atoms with E-state index < -0.39 is 0 Å². The van der Waals surface area contributed by atoms with Gasteiger partial charge in [0.15, 0.2) is 0 Å². The van der Waals surface area contributed by atoms with Crippen LogP contribution in [0.4, 0.5) is 5.82 Å². The van der Waals surface area contributed by atoms with Gasteiger partial charge in [0.2, 0.25) is 0 Å². The molecule has 0 aliphatic carbocycles. The summed E-state index contributed by atoms with van der Waals surface area (Å²) < 4.78 is 0. The van der Waals surface area contributed by atoms with Gasteiger partial charge in [-0.05, 0) is 13.3 Å². The second kappa shape index (κ2) is 7.50. The highest BCUT2D eigenvalue weighted by atomic mass is 32.2. The van der Waals surface area contributed by atoms with Crippen molar-refractivity contribution in [2.24, 2.45) is 0 Å². The molecule has 0 saturated carbocycles. The Hall–Kier alpha value is -0.810. The van der Waals surface area contributed by atoms with Crippen LogP contribution in [0, 0.1) is 6.92 Å². The Balaban J connectivity index is 2.94. The number of hydrogen-bond acceptors (Lipinski definition) is 5. The van der Waals surface area contributed by atoms with E-state index in [4.69, 9.17) is 5.11 Å². The van der Waals surface area contributed by atoms with Gasteiger partial charge in [0.1, 0.15) is 16.7 Å². The lowest BCUT2D eigenvalue weighted by atomic mass is 10.3. The molecule has 0 spiro atoms. The van der Waals surface area contributed by atoms with Crippen LogP contribution in [0.25, 0.3) is 0 Å². The van der Waals surface area contributed by atoms with E-state index in [1.54, 1.807) is 11.8 Å². The van der Waals surface area contributed by atoms with Crippen LogP contribution in [0.3, 0.4) is 0 Å². The molecule has 0 amide bonds. The minimum atomic E-state index is 0.174. The first-order chi connectivity index (χ1) is 8.22. The van der Waals surface area contributed by atoms with Crippen molar-refractivity contribution in [3.8, 4) is 0 Å². The molecule has 1 rings (SSSR count). The van der Waals surface area contributed by atoms with Gasteiger partial charge in [-0.15, -0.1) is 11.8 Å². The van der Waals surface area contributed by atoms with Gasteiger partial charge >= 0.3 is 0 Å². The van der Waals surface area contributed by atoms with Crippen LogP contribution in [0.1, 0.15) is 31.7 Å². The largest absolute Gasteiger partial charge is 0.396 e. The Morgan fingerprint density at radius 2 is 2.06 bits per heavy atom. The minimum absolute atomic E-state index is 0.174. The summed E-state index contributed by atoms with van der Waals surface area (Å²) in [6, 6.07) is 0. The molecule has 1 aromatic heterocycles. The highest BCUT2D eigenvalue weighted by Gasteiger charge is 2.09. The molecule has 0 fully saturated rings. The molecule has 1 aromatic rings. The van der Waals surface area contributed by atoms with Crippen LogP contribution >= 0.6 is 11.8 Å². The molecule has 17 heavy (non-hydrogen) atoms. The molecule has 2 N–H and O–H groups in total. The van der Waals surface area contributed by atoms with Crippen molar-refractivity contribution in [1.29, 1.82) is 0 Å². The topological polar surface area (TPSA) is 58.0 Å². The number of nitrogens with zero attached hydrogens (tertiary/aromatic N) is 2. The third-order valence-electron chi connectivity index (χ3n) is 2.34. The lowest BCUT2D eigenvalue weighted by Crippen LogP contribution is -2.08. The molecule has 0 aliphatic rings. The molecular weight excluding hydrogens is 234 g/mol. The number of nitrogens with one attached hydrogen (secondary N) is 1. The molecule has 96 valence electrons. The molecule has 0 aromatic carbocycles. The van der Waals surface area contributed by atoms with Crippen LogP contribution < -0.4 is 5.32 Å². The number of anilines is 1. The minimum Gasteiger partial charge on any atom is -0.396 e. The van der Waals surface area contributed by atoms with E-state index in [1.807, 2.05) is 6.92 Å². The average molecular weight is 255 g/mol. The number of aliphatic hydroxyl groups is 1. The fourth-order valence-electron chi connectivity index (χ4n) is 1.40. The monoisotopic (exact) mass is 255 g/mol. The van der Waals surface area contributed by atoms with Gasteiger partial charge in [-0.3, -0.25) is 0 Å². The van der Waals surface area contributed by atoms with Gasteiger partial charge < -0.3 is 10.4 Å². The zero-order valence-electron chi connectivity index (χ0n) is 10.8. The molecule has 0 atom stereocenters. The smallest absolute Gasteiger partial charge is 0.133 e. The van der Waals surface area contributed by atoms with Gasteiger partial charge in [-0.25, -0.2) is 9.97 Å². The standard InChI is InChI=1S/C12H21N3OS/c1-4-6-13-11-9(3)12(17-8-7-16)15-10(5-2)14-11/h16H,4-8H2,1-3H3,(H,13,14,15). The van der Waals surface area contributed by atoms with Gasteiger partial charge in [-0.1, -0.05) is 13.8 Å². The molecular formula is C12H21N3OS. The van der Waals surface area contributed by atoms with Crippen LogP contribution in [0.2, 0.25) is 0 Å². The van der Waals surface area contributed by atoms with E-state index in [2.05, 4.69) is 29.1 Å². The molecule has 0 saturated heterocycles. The van der Waals surface area contributed by atoms with Gasteiger partial charge in [0.05, 0.1) is 6.61 Å². The Morgan fingerprint density at radius 3 is 2.65 bits per heavy atom. The number of thioether (sulfide) groups is 1. The SMILES string of the molecule is CCCNc1nc(CC)nc(SCCO)c1C. The Kier molecular flexibility index (Phi) is 6.29. The Labute approximate surface area is 107 Å². The summed E-state index contributed by atoms with van der Waals surface area (Å²) in [5.41, 5.74) is 1.08. The lowest BCUT2D eigenvalue weighted by Gasteiger charge is -2.12. The van der Waals surface area contributed by atoms with Crippen molar-refractivity contribution in [3.05, 3.63) is 11.4 Å².